The number of carbonyl (C=O) groups is 2. The maximum atomic E-state index is 13.2. The summed E-state index contributed by atoms with van der Waals surface area (Å²) in [5.41, 5.74) is 2.32. The Bertz CT molecular complexity index is 1250. The fraction of sp³-hybridized carbons (Fsp3) is 0.222. The molecule has 7 nitrogen and oxygen atoms in total. The van der Waals surface area contributed by atoms with E-state index < -0.39 is 5.25 Å². The highest BCUT2D eigenvalue weighted by molar-refractivity contribution is 8.15. The number of thioether (sulfide) groups is 1. The van der Waals surface area contributed by atoms with Gasteiger partial charge in [0.15, 0.2) is 16.7 Å². The number of para-hydroxylation sites is 1. The van der Waals surface area contributed by atoms with Crippen LogP contribution in [0.1, 0.15) is 12.0 Å². The highest BCUT2D eigenvalue weighted by atomic mass is 35.5. The van der Waals surface area contributed by atoms with Crippen molar-refractivity contribution in [3.05, 3.63) is 83.4 Å². The lowest BCUT2D eigenvalue weighted by Crippen LogP contribution is -2.46. The van der Waals surface area contributed by atoms with E-state index in [1.165, 1.54) is 11.8 Å². The van der Waals surface area contributed by atoms with E-state index in [-0.39, 0.29) is 18.2 Å². The molecule has 36 heavy (non-hydrogen) atoms. The number of nitrogens with zero attached hydrogens (tertiary/aromatic N) is 2. The molecule has 186 valence electrons. The van der Waals surface area contributed by atoms with Crippen LogP contribution in [0, 0.1) is 0 Å². The molecule has 9 heteroatoms. The molecule has 1 unspecified atom stereocenters. The number of hydrogen-bond donors (Lipinski definition) is 1. The van der Waals surface area contributed by atoms with Crippen molar-refractivity contribution < 1.29 is 19.1 Å². The Kier molecular flexibility index (Phi) is 8.51. The van der Waals surface area contributed by atoms with Crippen molar-refractivity contribution in [2.24, 2.45) is 4.99 Å². The number of amidine groups is 1. The summed E-state index contributed by atoms with van der Waals surface area (Å²) in [6.45, 7) is 0.404. The lowest BCUT2D eigenvalue weighted by atomic mass is 10.1. The van der Waals surface area contributed by atoms with Crippen LogP contribution in [0.15, 0.2) is 77.8 Å². The topological polar surface area (TPSA) is 80.2 Å². The van der Waals surface area contributed by atoms with Crippen molar-refractivity contribution in [1.82, 2.24) is 4.90 Å². The Morgan fingerprint density at radius 1 is 1.06 bits per heavy atom. The first-order valence-electron chi connectivity index (χ1n) is 11.3. The largest absolute Gasteiger partial charge is 0.493 e. The van der Waals surface area contributed by atoms with Crippen LogP contribution in [0.4, 0.5) is 11.4 Å². The highest BCUT2D eigenvalue weighted by Gasteiger charge is 2.35. The smallest absolute Gasteiger partial charge is 0.238 e. The van der Waals surface area contributed by atoms with Crippen molar-refractivity contribution >= 4 is 51.7 Å². The van der Waals surface area contributed by atoms with Gasteiger partial charge in [-0.2, -0.15) is 0 Å². The number of amides is 2. The summed E-state index contributed by atoms with van der Waals surface area (Å²) < 4.78 is 10.7. The van der Waals surface area contributed by atoms with Gasteiger partial charge in [-0.05, 0) is 60.5 Å². The molecule has 1 saturated heterocycles. The quantitative estimate of drug-likeness (QED) is 0.418. The Hall–Kier alpha value is -3.49. The zero-order chi connectivity index (χ0) is 25.5. The van der Waals surface area contributed by atoms with Crippen molar-refractivity contribution in [2.75, 3.05) is 26.1 Å². The van der Waals surface area contributed by atoms with Crippen molar-refractivity contribution in [2.45, 2.75) is 18.1 Å². The standard InChI is InChI=1S/C27H26ClN3O4S/c1-34-22-13-8-18(16-23(22)35-2)14-15-31-25(32)17-24(26(33)29-20-6-4-3-5-7-20)36-27(31)30-21-11-9-19(28)10-12-21/h3-13,16,24H,14-15,17H2,1-2H3,(H,29,33). The first-order valence-corrected chi connectivity index (χ1v) is 12.6. The zero-order valence-corrected chi connectivity index (χ0v) is 21.5. The van der Waals surface area contributed by atoms with Crippen molar-refractivity contribution in [3.8, 4) is 11.5 Å². The second-order valence-electron chi connectivity index (χ2n) is 8.02. The molecule has 1 aliphatic heterocycles. The van der Waals surface area contributed by atoms with Gasteiger partial charge in [-0.3, -0.25) is 14.5 Å². The maximum absolute atomic E-state index is 13.2. The maximum Gasteiger partial charge on any atom is 0.238 e. The van der Waals surface area contributed by atoms with E-state index in [1.807, 2.05) is 48.5 Å². The molecule has 2 amide bonds. The van der Waals surface area contributed by atoms with Gasteiger partial charge in [-0.25, -0.2) is 4.99 Å². The van der Waals surface area contributed by atoms with Crippen molar-refractivity contribution in [3.63, 3.8) is 0 Å². The molecule has 1 heterocycles. The van der Waals surface area contributed by atoms with Gasteiger partial charge in [-0.15, -0.1) is 0 Å². The molecular formula is C27H26ClN3O4S. The predicted molar refractivity (Wildman–Crippen MR) is 145 cm³/mol. The van der Waals surface area contributed by atoms with Gasteiger partial charge < -0.3 is 14.8 Å². The summed E-state index contributed by atoms with van der Waals surface area (Å²) in [5, 5.41) is 3.36. The van der Waals surface area contributed by atoms with Crippen LogP contribution in [-0.2, 0) is 16.0 Å². The number of aliphatic imine (C=N–C) groups is 1. The summed E-state index contributed by atoms with van der Waals surface area (Å²) in [4.78, 5) is 32.6. The molecule has 0 spiro atoms. The fourth-order valence-corrected chi connectivity index (χ4v) is 4.96. The van der Waals surface area contributed by atoms with Gasteiger partial charge in [0, 0.05) is 23.7 Å². The van der Waals surface area contributed by atoms with Gasteiger partial charge in [-0.1, -0.05) is 47.6 Å². The Balaban J connectivity index is 1.55. The molecular weight excluding hydrogens is 498 g/mol. The van der Waals surface area contributed by atoms with E-state index in [2.05, 4.69) is 5.32 Å². The Labute approximate surface area is 219 Å². The lowest BCUT2D eigenvalue weighted by Gasteiger charge is -2.32. The minimum atomic E-state index is -0.596. The van der Waals surface area contributed by atoms with E-state index in [9.17, 15) is 9.59 Å². The number of halogens is 1. The summed E-state index contributed by atoms with van der Waals surface area (Å²) in [6.07, 6.45) is 0.655. The number of rotatable bonds is 8. The third-order valence-electron chi connectivity index (χ3n) is 5.60. The molecule has 0 bridgehead atoms. The second kappa shape index (κ2) is 12.0. The molecule has 1 aliphatic rings. The fourth-order valence-electron chi connectivity index (χ4n) is 3.71. The molecule has 0 aromatic heterocycles. The number of nitrogens with one attached hydrogen (secondary N) is 1. The Morgan fingerprint density at radius 3 is 2.47 bits per heavy atom. The van der Waals surface area contributed by atoms with Crippen LogP contribution in [0.5, 0.6) is 11.5 Å². The van der Waals surface area contributed by atoms with E-state index in [0.29, 0.717) is 46.0 Å². The van der Waals surface area contributed by atoms with Crippen LogP contribution in [-0.4, -0.2) is 47.9 Å². The average molecular weight is 524 g/mol. The number of methoxy groups -OCH3 is 2. The monoisotopic (exact) mass is 523 g/mol. The van der Waals surface area contributed by atoms with Crippen LogP contribution in [0.2, 0.25) is 5.02 Å². The van der Waals surface area contributed by atoms with Crippen LogP contribution in [0.25, 0.3) is 0 Å². The van der Waals surface area contributed by atoms with Gasteiger partial charge >= 0.3 is 0 Å². The van der Waals surface area contributed by atoms with E-state index in [4.69, 9.17) is 26.1 Å². The normalized spacial score (nSPS) is 16.6. The molecule has 3 aromatic carbocycles. The summed E-state index contributed by atoms with van der Waals surface area (Å²) in [6, 6.07) is 21.9. The molecule has 0 saturated carbocycles. The third-order valence-corrected chi connectivity index (χ3v) is 7.04. The van der Waals surface area contributed by atoms with Crippen LogP contribution in [0.3, 0.4) is 0 Å². The average Bonchev–Trinajstić information content (AvgIpc) is 2.89. The first-order chi connectivity index (χ1) is 17.5. The summed E-state index contributed by atoms with van der Waals surface area (Å²) in [5.74, 6) is 0.878. The first kappa shape index (κ1) is 25.6. The number of anilines is 1. The van der Waals surface area contributed by atoms with E-state index in [1.54, 1.807) is 43.4 Å². The van der Waals surface area contributed by atoms with Gasteiger partial charge in [0.1, 0.15) is 5.25 Å². The molecule has 3 aromatic rings. The summed E-state index contributed by atoms with van der Waals surface area (Å²) in [7, 11) is 3.18. The molecule has 0 radical (unpaired) electrons. The minimum absolute atomic E-state index is 0.0783. The molecule has 1 N–H and O–H groups in total. The lowest BCUT2D eigenvalue weighted by molar-refractivity contribution is -0.129. The molecule has 0 aliphatic carbocycles. The predicted octanol–water partition coefficient (Wildman–Crippen LogP) is 5.56. The third kappa shape index (κ3) is 6.38. The molecule has 4 rings (SSSR count). The van der Waals surface area contributed by atoms with Crippen LogP contribution < -0.4 is 14.8 Å². The van der Waals surface area contributed by atoms with Gasteiger partial charge in [0.05, 0.1) is 19.9 Å². The second-order valence-corrected chi connectivity index (χ2v) is 9.63. The SMILES string of the molecule is COc1ccc(CCN2C(=O)CC(C(=O)Nc3ccccc3)SC2=Nc2ccc(Cl)cc2)cc1OC. The molecule has 1 atom stereocenters. The summed E-state index contributed by atoms with van der Waals surface area (Å²) >= 11 is 7.31. The zero-order valence-electron chi connectivity index (χ0n) is 19.9. The van der Waals surface area contributed by atoms with Crippen LogP contribution >= 0.6 is 23.4 Å². The minimum Gasteiger partial charge on any atom is -0.493 e. The number of ether oxygens (including phenoxy) is 2. The van der Waals surface area contributed by atoms with Gasteiger partial charge in [0.2, 0.25) is 11.8 Å². The van der Waals surface area contributed by atoms with E-state index in [0.717, 1.165) is 5.56 Å². The van der Waals surface area contributed by atoms with Crippen molar-refractivity contribution in [1.29, 1.82) is 0 Å². The number of carbonyl (C=O) groups excluding carboxylic acids is 2. The number of hydrogen-bond acceptors (Lipinski definition) is 6. The Morgan fingerprint density at radius 2 is 1.78 bits per heavy atom. The van der Waals surface area contributed by atoms with Gasteiger partial charge in [0.25, 0.3) is 0 Å². The highest BCUT2D eigenvalue weighted by Crippen LogP contribution is 2.31. The molecule has 1 fully saturated rings. The number of benzene rings is 3. The van der Waals surface area contributed by atoms with E-state index >= 15 is 0 Å².